The van der Waals surface area contributed by atoms with Crippen LogP contribution in [0.2, 0.25) is 0 Å². The molecule has 0 atom stereocenters. The molecule has 1 heterocycles. The van der Waals surface area contributed by atoms with Crippen LogP contribution < -0.4 is 19.9 Å². The summed E-state index contributed by atoms with van der Waals surface area (Å²) in [6, 6.07) is 23.0. The van der Waals surface area contributed by atoms with Gasteiger partial charge in [0.1, 0.15) is 11.4 Å². The molecule has 0 saturated heterocycles. The van der Waals surface area contributed by atoms with Crippen LogP contribution in [-0.4, -0.2) is 31.9 Å². The average Bonchev–Trinajstić information content (AvgIpc) is 3.09. The van der Waals surface area contributed by atoms with Gasteiger partial charge in [0.15, 0.2) is 0 Å². The number of nitrogens with zero attached hydrogens (tertiary/aromatic N) is 2. The Labute approximate surface area is 191 Å². The normalized spacial score (nSPS) is 13.4. The minimum atomic E-state index is -0.421. The number of ether oxygens (including phenoxy) is 1. The molecule has 0 aliphatic carbocycles. The van der Waals surface area contributed by atoms with Gasteiger partial charge in [0.05, 0.1) is 18.4 Å². The van der Waals surface area contributed by atoms with Crippen molar-refractivity contribution in [1.29, 1.82) is 0 Å². The number of imide groups is 1. The summed E-state index contributed by atoms with van der Waals surface area (Å²) in [5.41, 5.74) is 2.97. The molecule has 33 heavy (non-hydrogen) atoms. The van der Waals surface area contributed by atoms with Crippen LogP contribution in [0.3, 0.4) is 0 Å². The highest BCUT2D eigenvalue weighted by molar-refractivity contribution is 6.46. The average molecular weight is 441 g/mol. The van der Waals surface area contributed by atoms with Gasteiger partial charge in [-0.3, -0.25) is 14.4 Å². The maximum absolute atomic E-state index is 13.6. The van der Waals surface area contributed by atoms with E-state index in [0.717, 1.165) is 5.69 Å². The van der Waals surface area contributed by atoms with E-state index in [2.05, 4.69) is 5.32 Å². The van der Waals surface area contributed by atoms with Crippen LogP contribution in [0.25, 0.3) is 5.57 Å². The number of rotatable bonds is 6. The van der Waals surface area contributed by atoms with Gasteiger partial charge in [-0.2, -0.15) is 0 Å². The smallest absolute Gasteiger partial charge is 0.282 e. The molecule has 0 aromatic heterocycles. The van der Waals surface area contributed by atoms with Crippen molar-refractivity contribution in [3.05, 3.63) is 90.1 Å². The van der Waals surface area contributed by atoms with E-state index in [4.69, 9.17) is 4.74 Å². The van der Waals surface area contributed by atoms with E-state index < -0.39 is 11.8 Å². The number of likely N-dealkylation sites (N-methyl/N-ethyl adjacent to an activating group) is 1. The number of anilines is 3. The summed E-state index contributed by atoms with van der Waals surface area (Å²) in [5, 5.41) is 2.71. The Hall–Kier alpha value is -4.39. The number of hydrogen-bond donors (Lipinski definition) is 1. The summed E-state index contributed by atoms with van der Waals surface area (Å²) in [6.45, 7) is 1.43. The van der Waals surface area contributed by atoms with Crippen LogP contribution >= 0.6 is 0 Å². The van der Waals surface area contributed by atoms with Crippen LogP contribution in [0.1, 0.15) is 12.5 Å². The van der Waals surface area contributed by atoms with Gasteiger partial charge in [0, 0.05) is 25.3 Å². The Morgan fingerprint density at radius 3 is 2.09 bits per heavy atom. The number of nitrogens with one attached hydrogen (secondary N) is 1. The van der Waals surface area contributed by atoms with Gasteiger partial charge < -0.3 is 15.0 Å². The molecule has 7 nitrogen and oxygen atoms in total. The molecule has 7 heteroatoms. The van der Waals surface area contributed by atoms with Crippen molar-refractivity contribution in [2.24, 2.45) is 0 Å². The lowest BCUT2D eigenvalue weighted by atomic mass is 10.0. The predicted octanol–water partition coefficient (Wildman–Crippen LogP) is 4.07. The van der Waals surface area contributed by atoms with Gasteiger partial charge in [0.2, 0.25) is 5.91 Å². The van der Waals surface area contributed by atoms with Gasteiger partial charge in [-0.05, 0) is 54.1 Å². The molecule has 1 N–H and O–H groups in total. The number of carbonyl (C=O) groups is 3. The molecule has 4 rings (SSSR count). The fraction of sp³-hybridized carbons (Fsp3) is 0.115. The Balaban J connectivity index is 1.81. The van der Waals surface area contributed by atoms with E-state index in [1.165, 1.54) is 11.8 Å². The molecule has 3 aromatic carbocycles. The molecule has 0 fully saturated rings. The molecule has 0 radical (unpaired) electrons. The third kappa shape index (κ3) is 4.21. The van der Waals surface area contributed by atoms with Crippen LogP contribution in [0.4, 0.5) is 17.1 Å². The van der Waals surface area contributed by atoms with Crippen molar-refractivity contribution in [1.82, 2.24) is 0 Å². The predicted molar refractivity (Wildman–Crippen MR) is 128 cm³/mol. The number of methoxy groups -OCH3 is 1. The summed E-state index contributed by atoms with van der Waals surface area (Å²) in [6.07, 6.45) is 0. The van der Waals surface area contributed by atoms with Crippen LogP contribution in [0.5, 0.6) is 5.75 Å². The molecule has 0 bridgehead atoms. The summed E-state index contributed by atoms with van der Waals surface area (Å²) < 4.78 is 5.19. The summed E-state index contributed by atoms with van der Waals surface area (Å²) >= 11 is 0. The lowest BCUT2D eigenvalue weighted by Crippen LogP contribution is -2.34. The summed E-state index contributed by atoms with van der Waals surface area (Å²) in [7, 11) is 3.32. The minimum Gasteiger partial charge on any atom is -0.497 e. The van der Waals surface area contributed by atoms with Crippen molar-refractivity contribution < 1.29 is 19.1 Å². The van der Waals surface area contributed by atoms with Crippen molar-refractivity contribution in [3.8, 4) is 5.75 Å². The van der Waals surface area contributed by atoms with Crippen molar-refractivity contribution in [3.63, 3.8) is 0 Å². The second kappa shape index (κ2) is 9.00. The number of hydrogen-bond acceptors (Lipinski definition) is 5. The monoisotopic (exact) mass is 441 g/mol. The fourth-order valence-electron chi connectivity index (χ4n) is 3.76. The van der Waals surface area contributed by atoms with E-state index in [1.807, 2.05) is 30.3 Å². The number of benzene rings is 3. The third-order valence-corrected chi connectivity index (χ3v) is 5.36. The van der Waals surface area contributed by atoms with Gasteiger partial charge in [-0.25, -0.2) is 4.90 Å². The molecule has 166 valence electrons. The number of para-hydroxylation sites is 1. The Bertz CT molecular complexity index is 1230. The van der Waals surface area contributed by atoms with E-state index >= 15 is 0 Å². The first-order valence-electron chi connectivity index (χ1n) is 10.3. The van der Waals surface area contributed by atoms with Gasteiger partial charge in [0.25, 0.3) is 11.8 Å². The quantitative estimate of drug-likeness (QED) is 0.584. The first kappa shape index (κ1) is 21.8. The number of amides is 3. The molecular weight excluding hydrogens is 418 g/mol. The zero-order chi connectivity index (χ0) is 23.5. The maximum atomic E-state index is 13.6. The first-order chi connectivity index (χ1) is 15.9. The van der Waals surface area contributed by atoms with Crippen molar-refractivity contribution in [2.75, 3.05) is 29.3 Å². The summed E-state index contributed by atoms with van der Waals surface area (Å²) in [5.74, 6) is -0.404. The van der Waals surface area contributed by atoms with E-state index in [9.17, 15) is 14.4 Å². The number of carbonyl (C=O) groups excluding carboxylic acids is 3. The zero-order valence-corrected chi connectivity index (χ0v) is 18.5. The van der Waals surface area contributed by atoms with Gasteiger partial charge in [-0.1, -0.05) is 30.3 Å². The van der Waals surface area contributed by atoms with Crippen molar-refractivity contribution in [2.45, 2.75) is 6.92 Å². The lowest BCUT2D eigenvalue weighted by Gasteiger charge is -2.21. The fourth-order valence-corrected chi connectivity index (χ4v) is 3.76. The lowest BCUT2D eigenvalue weighted by molar-refractivity contribution is -0.120. The topological polar surface area (TPSA) is 79.0 Å². The largest absolute Gasteiger partial charge is 0.497 e. The Morgan fingerprint density at radius 2 is 1.52 bits per heavy atom. The molecule has 3 amide bonds. The van der Waals surface area contributed by atoms with E-state index in [-0.39, 0.29) is 17.2 Å². The van der Waals surface area contributed by atoms with Crippen molar-refractivity contribution >= 4 is 40.4 Å². The molecule has 1 aliphatic heterocycles. The van der Waals surface area contributed by atoms with Crippen LogP contribution in [-0.2, 0) is 14.4 Å². The second-order valence-electron chi connectivity index (χ2n) is 7.52. The standard InChI is InChI=1S/C26H23N3O4/c1-17(30)27-19-11-9-18(10-12-19)23-24(28(2)20-7-5-4-6-8-20)26(32)29(25(23)31)21-13-15-22(33-3)16-14-21/h4-16H,1-3H3,(H,27,30). The molecule has 0 saturated carbocycles. The van der Waals surface area contributed by atoms with Gasteiger partial charge in [-0.15, -0.1) is 0 Å². The molecule has 1 aliphatic rings. The second-order valence-corrected chi connectivity index (χ2v) is 7.52. The molecule has 3 aromatic rings. The Morgan fingerprint density at radius 1 is 0.879 bits per heavy atom. The highest BCUT2D eigenvalue weighted by atomic mass is 16.5. The van der Waals surface area contributed by atoms with Crippen LogP contribution in [0.15, 0.2) is 84.6 Å². The minimum absolute atomic E-state index is 0.190. The molecular formula is C26H23N3O4. The zero-order valence-electron chi connectivity index (χ0n) is 18.5. The SMILES string of the molecule is COc1ccc(N2C(=O)C(c3ccc(NC(C)=O)cc3)=C(N(C)c3ccccc3)C2=O)cc1. The summed E-state index contributed by atoms with van der Waals surface area (Å²) in [4.78, 5) is 41.4. The molecule has 0 spiro atoms. The maximum Gasteiger partial charge on any atom is 0.282 e. The highest BCUT2D eigenvalue weighted by Crippen LogP contribution is 2.36. The molecule has 0 unspecified atom stereocenters. The van der Waals surface area contributed by atoms with E-state index in [0.29, 0.717) is 22.7 Å². The van der Waals surface area contributed by atoms with E-state index in [1.54, 1.807) is 67.6 Å². The van der Waals surface area contributed by atoms with Crippen LogP contribution in [0, 0.1) is 0 Å². The van der Waals surface area contributed by atoms with Gasteiger partial charge >= 0.3 is 0 Å². The first-order valence-corrected chi connectivity index (χ1v) is 10.3. The third-order valence-electron chi connectivity index (χ3n) is 5.36. The Kier molecular flexibility index (Phi) is 5.95. The highest BCUT2D eigenvalue weighted by Gasteiger charge is 2.42.